The van der Waals surface area contributed by atoms with Crippen LogP contribution in [0.3, 0.4) is 0 Å². The van der Waals surface area contributed by atoms with Gasteiger partial charge in [-0.05, 0) is 0 Å². The highest BCUT2D eigenvalue weighted by Crippen LogP contribution is 2.19. The van der Waals surface area contributed by atoms with E-state index < -0.39 is 25.0 Å². The van der Waals surface area contributed by atoms with Crippen LogP contribution < -0.4 is 11.1 Å². The Bertz CT molecular complexity index is 345. The smallest absolute Gasteiger partial charge is 0.326 e. The number of aliphatic carboxylic acids is 1. The van der Waals surface area contributed by atoms with Crippen LogP contribution in [0.25, 0.3) is 0 Å². The van der Waals surface area contributed by atoms with Gasteiger partial charge < -0.3 is 16.2 Å². The van der Waals surface area contributed by atoms with E-state index in [4.69, 9.17) is 10.8 Å². The second kappa shape index (κ2) is 4.99. The van der Waals surface area contributed by atoms with Gasteiger partial charge >= 0.3 is 5.97 Å². The Labute approximate surface area is 87.9 Å². The number of alkyl halides is 2. The second-order valence-electron chi connectivity index (χ2n) is 2.67. The van der Waals surface area contributed by atoms with Crippen LogP contribution in [-0.4, -0.2) is 29.0 Å². The summed E-state index contributed by atoms with van der Waals surface area (Å²) in [5.41, 5.74) is 5.43. The fourth-order valence-corrected chi connectivity index (χ4v) is 1.56. The molecule has 0 saturated heterocycles. The summed E-state index contributed by atoms with van der Waals surface area (Å²) in [6, 6.07) is -1.22. The molecule has 4 N–H and O–H groups in total. The summed E-state index contributed by atoms with van der Waals surface area (Å²) in [7, 11) is 0. The molecule has 0 spiro atoms. The molecule has 1 unspecified atom stereocenters. The normalized spacial score (nSPS) is 12.8. The van der Waals surface area contributed by atoms with Crippen molar-refractivity contribution in [1.82, 2.24) is 4.98 Å². The molecule has 5 nitrogen and oxygen atoms in total. The number of hydrogen-bond acceptors (Lipinski definition) is 5. The number of nitrogens with two attached hydrogens (primary N) is 1. The molecule has 0 bridgehead atoms. The van der Waals surface area contributed by atoms with Gasteiger partial charge in [-0.3, -0.25) is 4.79 Å². The number of nitrogens with one attached hydrogen (secondary N) is 1. The zero-order valence-corrected chi connectivity index (χ0v) is 8.30. The number of carboxylic acids is 1. The van der Waals surface area contributed by atoms with Gasteiger partial charge in [-0.25, -0.2) is 13.8 Å². The molecule has 0 saturated carbocycles. The molecule has 0 aliphatic rings. The van der Waals surface area contributed by atoms with E-state index >= 15 is 0 Å². The first-order chi connectivity index (χ1) is 7.00. The molecule has 0 aromatic carbocycles. The van der Waals surface area contributed by atoms with E-state index in [1.54, 1.807) is 0 Å². The van der Waals surface area contributed by atoms with Gasteiger partial charge in [-0.15, -0.1) is 11.3 Å². The maximum absolute atomic E-state index is 11.8. The van der Waals surface area contributed by atoms with Gasteiger partial charge in [0.05, 0.1) is 12.2 Å². The summed E-state index contributed by atoms with van der Waals surface area (Å²) in [5.74, 6) is -1.21. The van der Waals surface area contributed by atoms with Crippen molar-refractivity contribution in [3.63, 3.8) is 0 Å². The molecule has 1 heterocycles. The number of carboxylic acid groups (broad SMARTS) is 1. The topological polar surface area (TPSA) is 88.2 Å². The van der Waals surface area contributed by atoms with Crippen molar-refractivity contribution in [1.29, 1.82) is 0 Å². The van der Waals surface area contributed by atoms with Crippen molar-refractivity contribution in [2.24, 2.45) is 5.73 Å². The van der Waals surface area contributed by atoms with Crippen LogP contribution in [0.15, 0.2) is 5.38 Å². The fraction of sp³-hybridized carbons (Fsp3) is 0.429. The summed E-state index contributed by atoms with van der Waals surface area (Å²) in [4.78, 5) is 14.2. The molecule has 0 radical (unpaired) electrons. The van der Waals surface area contributed by atoms with Crippen molar-refractivity contribution in [2.45, 2.75) is 12.5 Å². The summed E-state index contributed by atoms with van der Waals surface area (Å²) >= 11 is 1.04. The zero-order chi connectivity index (χ0) is 11.4. The summed E-state index contributed by atoms with van der Waals surface area (Å²) in [6.07, 6.45) is -2.48. The maximum Gasteiger partial charge on any atom is 0.326 e. The molecule has 15 heavy (non-hydrogen) atoms. The van der Waals surface area contributed by atoms with Gasteiger partial charge in [0, 0.05) is 5.38 Å². The zero-order valence-electron chi connectivity index (χ0n) is 7.48. The second-order valence-corrected chi connectivity index (χ2v) is 3.52. The Morgan fingerprint density at radius 2 is 2.40 bits per heavy atom. The van der Waals surface area contributed by atoms with E-state index in [0.717, 1.165) is 11.3 Å². The molecule has 1 atom stereocenters. The first-order valence-electron chi connectivity index (χ1n) is 3.96. The molecule has 8 heteroatoms. The van der Waals surface area contributed by atoms with Crippen LogP contribution in [0.1, 0.15) is 11.7 Å². The standard InChI is InChI=1S/C7H9F2N3O2S/c8-4(9)1-11-7-12-3(2-15-7)5(10)6(13)14/h2,4-5H,1,10H2,(H,11,12)(H,13,14). The van der Waals surface area contributed by atoms with Crippen molar-refractivity contribution in [2.75, 3.05) is 11.9 Å². The highest BCUT2D eigenvalue weighted by Gasteiger charge is 2.17. The van der Waals surface area contributed by atoms with Gasteiger partial charge in [0.15, 0.2) is 5.13 Å². The first-order valence-corrected chi connectivity index (χ1v) is 4.84. The Morgan fingerprint density at radius 3 is 2.93 bits per heavy atom. The van der Waals surface area contributed by atoms with Crippen molar-refractivity contribution in [3.05, 3.63) is 11.1 Å². The molecular formula is C7H9F2N3O2S. The van der Waals surface area contributed by atoms with Crippen LogP contribution in [-0.2, 0) is 4.79 Å². The van der Waals surface area contributed by atoms with E-state index in [-0.39, 0.29) is 10.8 Å². The molecule has 1 rings (SSSR count). The lowest BCUT2D eigenvalue weighted by Crippen LogP contribution is -2.21. The minimum absolute atomic E-state index is 0.157. The van der Waals surface area contributed by atoms with Crippen LogP contribution in [0.2, 0.25) is 0 Å². The Hall–Kier alpha value is -1.28. The predicted molar refractivity (Wildman–Crippen MR) is 51.2 cm³/mol. The van der Waals surface area contributed by atoms with Gasteiger partial charge in [0.2, 0.25) is 0 Å². The van der Waals surface area contributed by atoms with Gasteiger partial charge in [-0.2, -0.15) is 0 Å². The molecule has 84 valence electrons. The van der Waals surface area contributed by atoms with E-state index in [2.05, 4.69) is 10.3 Å². The molecule has 0 fully saturated rings. The van der Waals surface area contributed by atoms with E-state index in [9.17, 15) is 13.6 Å². The Balaban J connectivity index is 2.60. The van der Waals surface area contributed by atoms with Crippen LogP contribution >= 0.6 is 11.3 Å². The number of hydrogen-bond donors (Lipinski definition) is 3. The third kappa shape index (κ3) is 3.40. The molecular weight excluding hydrogens is 228 g/mol. The van der Waals surface area contributed by atoms with Gasteiger partial charge in [0.1, 0.15) is 6.04 Å². The van der Waals surface area contributed by atoms with Crippen molar-refractivity contribution >= 4 is 22.4 Å². The summed E-state index contributed by atoms with van der Waals surface area (Å²) in [5, 5.41) is 12.6. The molecule has 1 aromatic rings. The lowest BCUT2D eigenvalue weighted by molar-refractivity contribution is -0.138. The number of halogens is 2. The predicted octanol–water partition coefficient (Wildman–Crippen LogP) is 0.904. The monoisotopic (exact) mass is 237 g/mol. The third-order valence-corrected chi connectivity index (χ3v) is 2.33. The molecule has 0 aliphatic heterocycles. The third-order valence-electron chi connectivity index (χ3n) is 1.51. The van der Waals surface area contributed by atoms with E-state index in [1.807, 2.05) is 0 Å². The number of aromatic nitrogens is 1. The largest absolute Gasteiger partial charge is 0.480 e. The van der Waals surface area contributed by atoms with E-state index in [1.165, 1.54) is 5.38 Å². The Kier molecular flexibility index (Phi) is 3.92. The quantitative estimate of drug-likeness (QED) is 0.708. The molecule has 0 amide bonds. The Morgan fingerprint density at radius 1 is 1.73 bits per heavy atom. The minimum atomic E-state index is -2.48. The van der Waals surface area contributed by atoms with E-state index in [0.29, 0.717) is 0 Å². The van der Waals surface area contributed by atoms with Crippen LogP contribution in [0.5, 0.6) is 0 Å². The SMILES string of the molecule is NC(C(=O)O)c1csc(NCC(F)F)n1. The van der Waals surface area contributed by atoms with Gasteiger partial charge in [-0.1, -0.05) is 0 Å². The lowest BCUT2D eigenvalue weighted by atomic mass is 10.2. The highest BCUT2D eigenvalue weighted by molar-refractivity contribution is 7.13. The number of anilines is 1. The summed E-state index contributed by atoms with van der Waals surface area (Å²) < 4.78 is 23.6. The maximum atomic E-state index is 11.8. The number of nitrogens with zero attached hydrogens (tertiary/aromatic N) is 1. The minimum Gasteiger partial charge on any atom is -0.480 e. The first kappa shape index (κ1) is 11.8. The number of rotatable bonds is 5. The van der Waals surface area contributed by atoms with Crippen molar-refractivity contribution < 1.29 is 18.7 Å². The highest BCUT2D eigenvalue weighted by atomic mass is 32.1. The molecule has 1 aromatic heterocycles. The fourth-order valence-electron chi connectivity index (χ4n) is 0.801. The number of thiazole rings is 1. The van der Waals surface area contributed by atoms with Crippen LogP contribution in [0, 0.1) is 0 Å². The molecule has 0 aliphatic carbocycles. The average Bonchev–Trinajstić information content (AvgIpc) is 2.61. The lowest BCUT2D eigenvalue weighted by Gasteiger charge is -2.02. The average molecular weight is 237 g/mol. The van der Waals surface area contributed by atoms with Gasteiger partial charge in [0.25, 0.3) is 6.43 Å². The number of carbonyl (C=O) groups is 1. The van der Waals surface area contributed by atoms with Crippen LogP contribution in [0.4, 0.5) is 13.9 Å². The summed E-state index contributed by atoms with van der Waals surface area (Å²) in [6.45, 7) is -0.519. The van der Waals surface area contributed by atoms with Crippen molar-refractivity contribution in [3.8, 4) is 0 Å².